The van der Waals surface area contributed by atoms with Crippen molar-refractivity contribution in [1.82, 2.24) is 25.0 Å². The SMILES string of the molecule is CCCCCCn1nnc2c(NCC)ncnc21. The third-order valence-electron chi connectivity index (χ3n) is 2.87. The smallest absolute Gasteiger partial charge is 0.183 e. The van der Waals surface area contributed by atoms with Crippen molar-refractivity contribution in [3.63, 3.8) is 0 Å². The Hall–Kier alpha value is -1.72. The molecule has 18 heavy (non-hydrogen) atoms. The van der Waals surface area contributed by atoms with E-state index < -0.39 is 0 Å². The molecule has 6 heteroatoms. The van der Waals surface area contributed by atoms with Gasteiger partial charge in [-0.15, -0.1) is 5.10 Å². The molecule has 0 aliphatic heterocycles. The zero-order chi connectivity index (χ0) is 12.8. The molecule has 0 radical (unpaired) electrons. The fraction of sp³-hybridized carbons (Fsp3) is 0.667. The van der Waals surface area contributed by atoms with Crippen molar-refractivity contribution in [1.29, 1.82) is 0 Å². The average Bonchev–Trinajstić information content (AvgIpc) is 2.80. The van der Waals surface area contributed by atoms with Gasteiger partial charge in [-0.25, -0.2) is 14.6 Å². The molecule has 0 aromatic carbocycles. The van der Waals surface area contributed by atoms with Crippen molar-refractivity contribution in [2.75, 3.05) is 11.9 Å². The maximum absolute atomic E-state index is 4.27. The molecule has 0 aliphatic carbocycles. The van der Waals surface area contributed by atoms with Crippen LogP contribution in [0, 0.1) is 0 Å². The first kappa shape index (κ1) is 12.7. The predicted molar refractivity (Wildman–Crippen MR) is 71.4 cm³/mol. The van der Waals surface area contributed by atoms with Gasteiger partial charge in [0.1, 0.15) is 6.33 Å². The fourth-order valence-electron chi connectivity index (χ4n) is 1.93. The van der Waals surface area contributed by atoms with E-state index in [9.17, 15) is 0 Å². The second-order valence-corrected chi connectivity index (χ2v) is 4.30. The van der Waals surface area contributed by atoms with E-state index in [4.69, 9.17) is 0 Å². The second-order valence-electron chi connectivity index (χ2n) is 4.30. The maximum atomic E-state index is 4.27. The van der Waals surface area contributed by atoms with Crippen LogP contribution in [-0.4, -0.2) is 31.5 Å². The van der Waals surface area contributed by atoms with Gasteiger partial charge in [0.05, 0.1) is 0 Å². The molecule has 2 heterocycles. The number of fused-ring (bicyclic) bond motifs is 1. The van der Waals surface area contributed by atoms with Crippen LogP contribution < -0.4 is 5.32 Å². The number of aromatic nitrogens is 5. The van der Waals surface area contributed by atoms with Gasteiger partial charge < -0.3 is 5.32 Å². The third-order valence-corrected chi connectivity index (χ3v) is 2.87. The van der Waals surface area contributed by atoms with E-state index in [1.165, 1.54) is 19.3 Å². The third kappa shape index (κ3) is 2.75. The van der Waals surface area contributed by atoms with E-state index in [0.717, 1.165) is 36.5 Å². The number of unbranched alkanes of at least 4 members (excludes halogenated alkanes) is 3. The van der Waals surface area contributed by atoms with E-state index in [2.05, 4.69) is 32.5 Å². The molecular formula is C12H20N6. The highest BCUT2D eigenvalue weighted by molar-refractivity contribution is 5.81. The number of rotatable bonds is 7. The number of hydrogen-bond acceptors (Lipinski definition) is 5. The molecule has 0 amide bonds. The Morgan fingerprint density at radius 1 is 1.17 bits per heavy atom. The lowest BCUT2D eigenvalue weighted by Crippen LogP contribution is -2.03. The van der Waals surface area contributed by atoms with Crippen LogP contribution >= 0.6 is 0 Å². The van der Waals surface area contributed by atoms with Gasteiger partial charge in [0.25, 0.3) is 0 Å². The Kier molecular flexibility index (Phi) is 4.44. The lowest BCUT2D eigenvalue weighted by atomic mass is 10.2. The van der Waals surface area contributed by atoms with Crippen LogP contribution in [0.3, 0.4) is 0 Å². The van der Waals surface area contributed by atoms with Crippen LogP contribution in [0.5, 0.6) is 0 Å². The van der Waals surface area contributed by atoms with E-state index >= 15 is 0 Å². The summed E-state index contributed by atoms with van der Waals surface area (Å²) in [7, 11) is 0. The van der Waals surface area contributed by atoms with E-state index in [1.807, 2.05) is 11.6 Å². The van der Waals surface area contributed by atoms with Crippen LogP contribution in [0.25, 0.3) is 11.2 Å². The second kappa shape index (κ2) is 6.28. The number of nitrogens with one attached hydrogen (secondary N) is 1. The summed E-state index contributed by atoms with van der Waals surface area (Å²) in [6.07, 6.45) is 6.41. The summed E-state index contributed by atoms with van der Waals surface area (Å²) in [5.41, 5.74) is 1.58. The van der Waals surface area contributed by atoms with Gasteiger partial charge in [0.15, 0.2) is 17.0 Å². The van der Waals surface area contributed by atoms with Crippen molar-refractivity contribution >= 4 is 17.0 Å². The van der Waals surface area contributed by atoms with Crippen LogP contribution in [0.4, 0.5) is 5.82 Å². The molecule has 98 valence electrons. The highest BCUT2D eigenvalue weighted by Gasteiger charge is 2.10. The molecule has 0 spiro atoms. The first-order valence-corrected chi connectivity index (χ1v) is 6.64. The van der Waals surface area contributed by atoms with E-state index in [-0.39, 0.29) is 0 Å². The van der Waals surface area contributed by atoms with Gasteiger partial charge in [0, 0.05) is 13.1 Å². The molecule has 0 saturated heterocycles. The Labute approximate surface area is 107 Å². The molecular weight excluding hydrogens is 228 g/mol. The number of hydrogen-bond donors (Lipinski definition) is 1. The molecule has 0 saturated carbocycles. The standard InChI is InChI=1S/C12H20N6/c1-3-5-6-7-8-18-12-10(16-17-18)11(13-4-2)14-9-15-12/h9H,3-8H2,1-2H3,(H,13,14,15). The van der Waals surface area contributed by atoms with E-state index in [0.29, 0.717) is 0 Å². The van der Waals surface area contributed by atoms with Gasteiger partial charge in [-0.3, -0.25) is 0 Å². The van der Waals surface area contributed by atoms with Crippen LogP contribution in [-0.2, 0) is 6.54 Å². The van der Waals surface area contributed by atoms with Crippen molar-refractivity contribution in [3.8, 4) is 0 Å². The first-order chi connectivity index (χ1) is 8.86. The summed E-state index contributed by atoms with van der Waals surface area (Å²) >= 11 is 0. The Morgan fingerprint density at radius 3 is 2.83 bits per heavy atom. The Bertz CT molecular complexity index is 492. The minimum absolute atomic E-state index is 0.759. The molecule has 0 atom stereocenters. The van der Waals surface area contributed by atoms with Crippen molar-refractivity contribution < 1.29 is 0 Å². The molecule has 6 nitrogen and oxygen atoms in total. The van der Waals surface area contributed by atoms with Crippen molar-refractivity contribution in [2.24, 2.45) is 0 Å². The summed E-state index contributed by atoms with van der Waals surface area (Å²) in [5.74, 6) is 0.766. The molecule has 1 N–H and O–H groups in total. The first-order valence-electron chi connectivity index (χ1n) is 6.64. The van der Waals surface area contributed by atoms with Crippen LogP contribution in [0.15, 0.2) is 6.33 Å². The zero-order valence-corrected chi connectivity index (χ0v) is 11.1. The zero-order valence-electron chi connectivity index (χ0n) is 11.1. The predicted octanol–water partition coefficient (Wildman–Crippen LogP) is 2.23. The minimum atomic E-state index is 0.759. The summed E-state index contributed by atoms with van der Waals surface area (Å²) in [6.45, 7) is 5.93. The Morgan fingerprint density at radius 2 is 2.06 bits per heavy atom. The molecule has 2 aromatic heterocycles. The highest BCUT2D eigenvalue weighted by Crippen LogP contribution is 2.16. The van der Waals surface area contributed by atoms with Gasteiger partial charge in [0.2, 0.25) is 0 Å². The largest absolute Gasteiger partial charge is 0.368 e. The summed E-state index contributed by atoms with van der Waals surface area (Å²) < 4.78 is 1.87. The number of anilines is 1. The summed E-state index contributed by atoms with van der Waals surface area (Å²) in [4.78, 5) is 8.45. The normalized spacial score (nSPS) is 11.0. The van der Waals surface area contributed by atoms with Gasteiger partial charge in [-0.1, -0.05) is 31.4 Å². The number of aryl methyl sites for hydroxylation is 1. The molecule has 0 unspecified atom stereocenters. The highest BCUT2D eigenvalue weighted by atomic mass is 15.4. The summed E-state index contributed by atoms with van der Waals surface area (Å²) in [5, 5.41) is 11.5. The molecule has 0 fully saturated rings. The van der Waals surface area contributed by atoms with Crippen molar-refractivity contribution in [2.45, 2.75) is 46.1 Å². The van der Waals surface area contributed by atoms with Gasteiger partial charge in [-0.05, 0) is 13.3 Å². The summed E-state index contributed by atoms with van der Waals surface area (Å²) in [6, 6.07) is 0. The van der Waals surface area contributed by atoms with Gasteiger partial charge >= 0.3 is 0 Å². The lowest BCUT2D eigenvalue weighted by Gasteiger charge is -2.03. The van der Waals surface area contributed by atoms with Crippen LogP contribution in [0.1, 0.15) is 39.5 Å². The number of nitrogens with zero attached hydrogens (tertiary/aromatic N) is 5. The van der Waals surface area contributed by atoms with E-state index in [1.54, 1.807) is 6.33 Å². The average molecular weight is 248 g/mol. The molecule has 2 aromatic rings. The Balaban J connectivity index is 2.12. The topological polar surface area (TPSA) is 68.5 Å². The quantitative estimate of drug-likeness (QED) is 0.761. The van der Waals surface area contributed by atoms with Gasteiger partial charge in [-0.2, -0.15) is 0 Å². The maximum Gasteiger partial charge on any atom is 0.183 e. The minimum Gasteiger partial charge on any atom is -0.368 e. The van der Waals surface area contributed by atoms with Crippen molar-refractivity contribution in [3.05, 3.63) is 6.33 Å². The molecule has 2 rings (SSSR count). The molecule has 0 bridgehead atoms. The lowest BCUT2D eigenvalue weighted by molar-refractivity contribution is 0.536. The molecule has 0 aliphatic rings. The fourth-order valence-corrected chi connectivity index (χ4v) is 1.93. The van der Waals surface area contributed by atoms with Crippen LogP contribution in [0.2, 0.25) is 0 Å². The monoisotopic (exact) mass is 248 g/mol.